The molecular weight excluding hydrogens is 1070 g/mol. The Balaban J connectivity index is 0.567. The van der Waals surface area contributed by atoms with Crippen LogP contribution in [0.4, 0.5) is 0 Å². The van der Waals surface area contributed by atoms with E-state index in [0.29, 0.717) is 155 Å². The van der Waals surface area contributed by atoms with Gasteiger partial charge < -0.3 is 64.9 Å². The van der Waals surface area contributed by atoms with Gasteiger partial charge in [-0.05, 0) is 88.4 Å². The van der Waals surface area contributed by atoms with Crippen molar-refractivity contribution in [3.63, 3.8) is 0 Å². The van der Waals surface area contributed by atoms with Crippen molar-refractivity contribution in [1.82, 2.24) is 54.7 Å². The molecule has 11 atom stereocenters. The Bertz CT molecular complexity index is 2720. The van der Waals surface area contributed by atoms with Crippen molar-refractivity contribution in [1.29, 1.82) is 0 Å². The molecule has 10 aliphatic heterocycles. The van der Waals surface area contributed by atoms with Gasteiger partial charge in [0.1, 0.15) is 11.8 Å². The zero-order valence-electron chi connectivity index (χ0n) is 47.5. The lowest BCUT2D eigenvalue weighted by Gasteiger charge is -2.25. The van der Waals surface area contributed by atoms with Crippen molar-refractivity contribution >= 4 is 65.0 Å². The summed E-state index contributed by atoms with van der Waals surface area (Å²) in [5.41, 5.74) is 0.637. The topological polar surface area (TPSA) is 281 Å². The summed E-state index contributed by atoms with van der Waals surface area (Å²) in [5.74, 6) is -5.51. The Morgan fingerprint density at radius 1 is 0.386 bits per heavy atom. The summed E-state index contributed by atoms with van der Waals surface area (Å²) in [7, 11) is 0. The van der Waals surface area contributed by atoms with Crippen LogP contribution in [0.2, 0.25) is 0 Å². The van der Waals surface area contributed by atoms with Gasteiger partial charge in [0.15, 0.2) is 0 Å². The van der Waals surface area contributed by atoms with E-state index < -0.39 is 47.5 Å². The maximum absolute atomic E-state index is 13.9. The number of phenols is 1. The second-order valence-corrected chi connectivity index (χ2v) is 25.4. The number of aromatic hydroxyl groups is 1. The number of benzene rings is 1. The fraction of sp³-hybridized carbons (Fsp3) is 0.712. The van der Waals surface area contributed by atoms with Gasteiger partial charge in [-0.3, -0.25) is 47.9 Å². The van der Waals surface area contributed by atoms with Crippen LogP contribution in [0.3, 0.4) is 0 Å². The van der Waals surface area contributed by atoms with Crippen molar-refractivity contribution in [3.8, 4) is 5.75 Å². The number of carbonyl (C=O) groups excluding carboxylic acids is 10. The highest BCUT2D eigenvalue weighted by Gasteiger charge is 2.47. The fourth-order valence-electron chi connectivity index (χ4n) is 15.0. The molecule has 0 unspecified atom stereocenters. The van der Waals surface area contributed by atoms with Gasteiger partial charge >= 0.3 is 5.97 Å². The Kier molecular flexibility index (Phi) is 17.3. The summed E-state index contributed by atoms with van der Waals surface area (Å²) >= 11 is 0. The van der Waals surface area contributed by atoms with E-state index in [1.807, 2.05) is 4.90 Å². The summed E-state index contributed by atoms with van der Waals surface area (Å²) in [6, 6.07) is 4.91. The van der Waals surface area contributed by atoms with Crippen LogP contribution in [-0.2, 0) is 59.2 Å². The van der Waals surface area contributed by atoms with Crippen LogP contribution in [0, 0.1) is 59.2 Å². The van der Waals surface area contributed by atoms with Gasteiger partial charge in [0, 0.05) is 131 Å². The molecule has 10 amide bonds. The molecule has 24 nitrogen and oxygen atoms in total. The number of phenolic OH excluding ortho intramolecular Hbond substituents is 1. The zero-order chi connectivity index (χ0) is 58.2. The molecule has 0 radical (unpaired) electrons. The number of aliphatic carboxylic acids is 1. The van der Waals surface area contributed by atoms with Crippen LogP contribution in [0.15, 0.2) is 24.3 Å². The van der Waals surface area contributed by atoms with E-state index in [1.165, 1.54) is 12.1 Å². The highest BCUT2D eigenvalue weighted by Crippen LogP contribution is 2.34. The first-order valence-electron chi connectivity index (χ1n) is 30.6. The molecule has 10 heterocycles. The maximum atomic E-state index is 13.9. The third kappa shape index (κ3) is 12.5. The van der Waals surface area contributed by atoms with Gasteiger partial charge in [0.05, 0.1) is 59.2 Å². The molecule has 0 spiro atoms. The van der Waals surface area contributed by atoms with Gasteiger partial charge in [-0.15, -0.1) is 0 Å². The van der Waals surface area contributed by atoms with E-state index in [-0.39, 0.29) is 128 Å². The van der Waals surface area contributed by atoms with E-state index in [9.17, 15) is 63.0 Å². The van der Waals surface area contributed by atoms with Crippen molar-refractivity contribution < 1.29 is 63.0 Å². The second-order valence-electron chi connectivity index (χ2n) is 25.4. The summed E-state index contributed by atoms with van der Waals surface area (Å²) in [5, 5.41) is 25.2. The largest absolute Gasteiger partial charge is 0.508 e. The minimum Gasteiger partial charge on any atom is -0.508 e. The summed E-state index contributed by atoms with van der Waals surface area (Å²) in [6.45, 7) is 8.17. The van der Waals surface area contributed by atoms with Gasteiger partial charge in [-0.2, -0.15) is 0 Å². The van der Waals surface area contributed by atoms with Gasteiger partial charge in [0.2, 0.25) is 59.1 Å². The second kappa shape index (κ2) is 24.8. The molecule has 0 aliphatic carbocycles. The van der Waals surface area contributed by atoms with E-state index in [0.717, 1.165) is 13.0 Å². The molecule has 10 saturated heterocycles. The van der Waals surface area contributed by atoms with Crippen LogP contribution in [0.1, 0.15) is 69.8 Å². The molecule has 450 valence electrons. The Labute approximate surface area is 483 Å². The van der Waals surface area contributed by atoms with Gasteiger partial charge in [-0.25, -0.2) is 4.79 Å². The van der Waals surface area contributed by atoms with E-state index in [1.54, 1.807) is 51.3 Å². The lowest BCUT2D eigenvalue weighted by atomic mass is 10.0. The molecule has 0 aromatic heterocycles. The number of nitrogens with one attached hydrogen (secondary N) is 2. The van der Waals surface area contributed by atoms with Crippen molar-refractivity contribution in [3.05, 3.63) is 29.8 Å². The summed E-state index contributed by atoms with van der Waals surface area (Å²) < 4.78 is 0. The molecule has 10 aliphatic rings. The maximum Gasteiger partial charge on any atom is 0.326 e. The molecule has 10 fully saturated rings. The van der Waals surface area contributed by atoms with Crippen LogP contribution < -0.4 is 10.6 Å². The predicted molar refractivity (Wildman–Crippen MR) is 295 cm³/mol. The summed E-state index contributed by atoms with van der Waals surface area (Å²) in [4.78, 5) is 164. The lowest BCUT2D eigenvalue weighted by Crippen LogP contribution is -2.46. The predicted octanol–water partition coefficient (Wildman–Crippen LogP) is -1.25. The molecule has 1 aromatic carbocycles. The van der Waals surface area contributed by atoms with Crippen LogP contribution in [0.5, 0.6) is 5.75 Å². The number of carboxylic acid groups (broad SMARTS) is 1. The molecule has 83 heavy (non-hydrogen) atoms. The number of nitrogens with zero attached hydrogens (tertiary/aromatic N) is 9. The van der Waals surface area contributed by atoms with Crippen LogP contribution >= 0.6 is 0 Å². The van der Waals surface area contributed by atoms with Crippen molar-refractivity contribution in [2.75, 3.05) is 131 Å². The first-order valence-corrected chi connectivity index (χ1v) is 30.6. The Morgan fingerprint density at radius 2 is 0.639 bits per heavy atom. The fourth-order valence-corrected chi connectivity index (χ4v) is 15.0. The number of carbonyl (C=O) groups is 11. The Morgan fingerprint density at radius 3 is 0.892 bits per heavy atom. The highest BCUT2D eigenvalue weighted by atomic mass is 16.4. The molecule has 0 saturated carbocycles. The lowest BCUT2D eigenvalue weighted by molar-refractivity contribution is -0.142. The van der Waals surface area contributed by atoms with Gasteiger partial charge in [0.25, 0.3) is 0 Å². The number of likely N-dealkylation sites (tertiary alicyclic amines) is 9. The quantitative estimate of drug-likeness (QED) is 0.170. The average molecular weight is 1150 g/mol. The molecule has 4 N–H and O–H groups in total. The molecular formula is C59H81N11O13. The average Bonchev–Trinajstić information content (AvgIpc) is 4.55. The molecule has 1 aromatic rings. The van der Waals surface area contributed by atoms with E-state index in [2.05, 4.69) is 10.6 Å². The highest BCUT2D eigenvalue weighted by molar-refractivity contribution is 5.90. The van der Waals surface area contributed by atoms with Crippen molar-refractivity contribution in [2.45, 2.75) is 76.7 Å². The zero-order valence-corrected chi connectivity index (χ0v) is 47.5. The van der Waals surface area contributed by atoms with Crippen LogP contribution in [0.25, 0.3) is 0 Å². The monoisotopic (exact) mass is 1150 g/mol. The van der Waals surface area contributed by atoms with Crippen LogP contribution in [-0.4, -0.2) is 256 Å². The number of hydrogen-bond donors (Lipinski definition) is 4. The third-order valence-corrected chi connectivity index (χ3v) is 20.1. The number of carboxylic acids is 1. The first kappa shape index (κ1) is 57.9. The van der Waals surface area contributed by atoms with E-state index in [4.69, 9.17) is 0 Å². The normalized spacial score (nSPS) is 30.3. The summed E-state index contributed by atoms with van der Waals surface area (Å²) in [6.07, 6.45) is 5.52. The molecule has 24 heteroatoms. The number of amides is 10. The number of hydrogen-bond acceptors (Lipinski definition) is 13. The van der Waals surface area contributed by atoms with Crippen molar-refractivity contribution in [2.24, 2.45) is 59.2 Å². The SMILES string of the molecule is O=C(N[C@@H](Cc1ccc(O)cc1)C(=O)O)[C@@H]1CCN(C(=O)[C@@H]2CCN(C(=O)[C@@H]3CCN(C(=O)[C@@H]4CCN(C(=O)[C@@H]5CCN(C(=O)[C@@H]6CCN(C(=O)[C@@H]7CCN(C(=O)[C@@H]8CCN(C(=O)[C@@H]9CCN(C(=O)[C@@H]%10CCNC%10)C9)C8)C7)C6)C5)C4)C3)C2)C1. The number of rotatable bonds is 14. The van der Waals surface area contributed by atoms with E-state index >= 15 is 0 Å². The molecule has 11 rings (SSSR count). The minimum absolute atomic E-state index is 0.0133. The Hall–Kier alpha value is -6.85. The standard InChI is InChI=1S/C59H81N11O13/c71-47-3-1-36(2-4-47)25-48(59(82)83)61-49(72)38-6-16-62(27-38)51(74)40-8-18-64(29-40)53(76)42-10-20-66(31-42)55(78)44-12-22-68(33-44)57(80)46-14-24-70(35-46)58(81)45-13-23-69(34-45)56(79)43-11-21-67(32-43)54(77)41-9-19-65(30-41)52(75)39-7-17-63(28-39)50(73)37-5-15-60-26-37/h1-4,37-46,48,60,71H,5-35H2,(H,61,72)(H,82,83)/t37-,38-,39-,40-,41-,42-,43-,44-,45-,46-,48+/m1/s1. The van der Waals surface area contributed by atoms with Gasteiger partial charge in [-0.1, -0.05) is 12.1 Å². The smallest absolute Gasteiger partial charge is 0.326 e. The first-order chi connectivity index (χ1) is 40.0. The minimum atomic E-state index is -1.19. The molecule has 0 bridgehead atoms. The third-order valence-electron chi connectivity index (χ3n) is 20.1.